The van der Waals surface area contributed by atoms with Crippen LogP contribution in [0.4, 0.5) is 14.7 Å². The van der Waals surface area contributed by atoms with E-state index in [0.717, 1.165) is 80.6 Å². The number of benzene rings is 1. The number of nitrogens with zero attached hydrogens (tertiary/aromatic N) is 4. The average Bonchev–Trinajstić information content (AvgIpc) is 3.27. The van der Waals surface area contributed by atoms with Crippen molar-refractivity contribution in [3.05, 3.63) is 42.2 Å². The first-order valence-electron chi connectivity index (χ1n) is 13.1. The van der Waals surface area contributed by atoms with Gasteiger partial charge in [0.15, 0.2) is 0 Å². The van der Waals surface area contributed by atoms with Crippen LogP contribution in [0, 0.1) is 0 Å². The summed E-state index contributed by atoms with van der Waals surface area (Å²) in [6.07, 6.45) is 4.63. The summed E-state index contributed by atoms with van der Waals surface area (Å²) in [7, 11) is 0. The minimum Gasteiger partial charge on any atom is -0.393 e. The Labute approximate surface area is 223 Å². The molecule has 1 saturated heterocycles. The van der Waals surface area contributed by atoms with Crippen LogP contribution in [0.5, 0.6) is 0 Å². The number of nitrogens with one attached hydrogen (secondary N) is 2. The van der Waals surface area contributed by atoms with Crippen molar-refractivity contribution < 1.29 is 13.9 Å². The van der Waals surface area contributed by atoms with E-state index in [4.69, 9.17) is 4.98 Å². The summed E-state index contributed by atoms with van der Waals surface area (Å²) in [5.74, 6) is 0.225. The van der Waals surface area contributed by atoms with E-state index >= 15 is 0 Å². The Morgan fingerprint density at radius 2 is 1.81 bits per heavy atom. The van der Waals surface area contributed by atoms with Crippen LogP contribution >= 0.6 is 12.4 Å². The maximum Gasteiger partial charge on any atom is 0.258 e. The number of hydrogen-bond acceptors (Lipinski definition) is 6. The van der Waals surface area contributed by atoms with Crippen LogP contribution in [0.2, 0.25) is 0 Å². The lowest BCUT2D eigenvalue weighted by Gasteiger charge is -2.27. The Morgan fingerprint density at radius 3 is 2.46 bits per heavy atom. The second-order valence-corrected chi connectivity index (χ2v) is 10.1. The molecule has 202 valence electrons. The summed E-state index contributed by atoms with van der Waals surface area (Å²) in [5, 5.41) is 17.1. The van der Waals surface area contributed by atoms with Gasteiger partial charge in [-0.1, -0.05) is 31.2 Å². The van der Waals surface area contributed by atoms with E-state index in [-0.39, 0.29) is 36.9 Å². The molecule has 0 amide bonds. The van der Waals surface area contributed by atoms with Crippen molar-refractivity contribution in [3.8, 4) is 11.1 Å². The second-order valence-electron chi connectivity index (χ2n) is 10.1. The average molecular weight is 535 g/mol. The Bertz CT molecular complexity index is 1140. The monoisotopic (exact) mass is 534 g/mol. The lowest BCUT2D eigenvalue weighted by molar-refractivity contribution is 0.111. The number of aliphatic hydroxyl groups excluding tert-OH is 1. The molecule has 1 atom stereocenters. The van der Waals surface area contributed by atoms with Crippen molar-refractivity contribution >= 4 is 29.4 Å². The fourth-order valence-corrected chi connectivity index (χ4v) is 5.37. The third-order valence-corrected chi connectivity index (χ3v) is 7.57. The molecule has 2 aliphatic rings. The van der Waals surface area contributed by atoms with Gasteiger partial charge < -0.3 is 20.3 Å². The molecule has 0 radical (unpaired) electrons. The van der Waals surface area contributed by atoms with E-state index in [1.54, 1.807) is 13.1 Å². The third kappa shape index (κ3) is 6.39. The molecule has 2 fully saturated rings. The second kappa shape index (κ2) is 12.5. The number of halogens is 3. The first-order chi connectivity index (χ1) is 17.5. The van der Waals surface area contributed by atoms with Crippen LogP contribution in [0.25, 0.3) is 22.2 Å². The highest BCUT2D eigenvalue weighted by molar-refractivity contribution is 5.94. The van der Waals surface area contributed by atoms with E-state index in [2.05, 4.69) is 55.5 Å². The van der Waals surface area contributed by atoms with Crippen molar-refractivity contribution in [2.75, 3.05) is 31.5 Å². The number of piperazine rings is 1. The van der Waals surface area contributed by atoms with E-state index in [1.165, 1.54) is 5.56 Å². The van der Waals surface area contributed by atoms with Gasteiger partial charge in [-0.05, 0) is 43.2 Å². The molecule has 3 N–H and O–H groups in total. The number of anilines is 1. The van der Waals surface area contributed by atoms with Crippen molar-refractivity contribution in [1.29, 1.82) is 0 Å². The van der Waals surface area contributed by atoms with Gasteiger partial charge in [0.05, 0.1) is 12.1 Å². The fourth-order valence-electron chi connectivity index (χ4n) is 5.37. The first-order valence-corrected chi connectivity index (χ1v) is 13.1. The number of hydrogen-bond donors (Lipinski definition) is 3. The van der Waals surface area contributed by atoms with Crippen molar-refractivity contribution in [1.82, 2.24) is 24.8 Å². The lowest BCUT2D eigenvalue weighted by atomic mass is 9.93. The van der Waals surface area contributed by atoms with Gasteiger partial charge in [-0.3, -0.25) is 4.90 Å². The van der Waals surface area contributed by atoms with Crippen LogP contribution < -0.4 is 10.6 Å². The van der Waals surface area contributed by atoms with Gasteiger partial charge in [0, 0.05) is 62.1 Å². The molecule has 3 heterocycles. The summed E-state index contributed by atoms with van der Waals surface area (Å²) in [5.41, 5.74) is 4.16. The molecule has 37 heavy (non-hydrogen) atoms. The molecular formula is C27H37ClF2N6O. The van der Waals surface area contributed by atoms with Crippen molar-refractivity contribution in [2.45, 2.75) is 70.2 Å². The maximum atomic E-state index is 13.4. The minimum absolute atomic E-state index is 0. The summed E-state index contributed by atoms with van der Waals surface area (Å²) in [6, 6.07) is 7.88. The maximum absolute atomic E-state index is 13.4. The van der Waals surface area contributed by atoms with Gasteiger partial charge in [-0.15, -0.1) is 12.4 Å². The Balaban J connectivity index is 0.00000320. The summed E-state index contributed by atoms with van der Waals surface area (Å²) < 4.78 is 28.9. The molecule has 1 saturated carbocycles. The summed E-state index contributed by atoms with van der Waals surface area (Å²) in [4.78, 5) is 11.6. The quantitative estimate of drug-likeness (QED) is 0.383. The molecule has 3 aromatic rings. The number of rotatable bonds is 8. The van der Waals surface area contributed by atoms with Crippen LogP contribution in [0.3, 0.4) is 0 Å². The van der Waals surface area contributed by atoms with E-state index in [1.807, 2.05) is 0 Å². The molecule has 7 nitrogen and oxygen atoms in total. The molecule has 10 heteroatoms. The smallest absolute Gasteiger partial charge is 0.258 e. The normalized spacial score (nSPS) is 21.6. The third-order valence-electron chi connectivity index (χ3n) is 7.57. The zero-order chi connectivity index (χ0) is 25.1. The number of aromatic nitrogens is 3. The lowest BCUT2D eigenvalue weighted by Crippen LogP contribution is -2.42. The molecule has 1 aliphatic heterocycles. The molecule has 0 spiro atoms. The molecule has 1 aromatic carbocycles. The predicted octanol–water partition coefficient (Wildman–Crippen LogP) is 4.86. The van der Waals surface area contributed by atoms with Crippen molar-refractivity contribution in [3.63, 3.8) is 0 Å². The fraction of sp³-hybridized carbons (Fsp3) is 0.556. The molecule has 0 bridgehead atoms. The van der Waals surface area contributed by atoms with Crippen LogP contribution in [-0.4, -0.2) is 69.3 Å². The number of aliphatic hydroxyl groups is 1. The minimum atomic E-state index is -2.49. The zero-order valence-corrected chi connectivity index (χ0v) is 22.1. The predicted molar refractivity (Wildman–Crippen MR) is 146 cm³/mol. The molecular weight excluding hydrogens is 498 g/mol. The highest BCUT2D eigenvalue weighted by Gasteiger charge is 2.25. The van der Waals surface area contributed by atoms with Gasteiger partial charge in [-0.25, -0.2) is 13.8 Å². The Kier molecular flexibility index (Phi) is 9.34. The SMILES string of the molecule is CC[C@H](Nc1ncc2c(-c3ccc(CN4CCNCC4)cc3)cn(C3CCC(O)CC3)c2n1)C(F)F.Cl. The van der Waals surface area contributed by atoms with Gasteiger partial charge >= 0.3 is 0 Å². The van der Waals surface area contributed by atoms with E-state index in [9.17, 15) is 13.9 Å². The Hall–Kier alpha value is -2.33. The zero-order valence-electron chi connectivity index (χ0n) is 21.2. The van der Waals surface area contributed by atoms with Gasteiger partial charge in [0.25, 0.3) is 6.43 Å². The number of alkyl halides is 2. The van der Waals surface area contributed by atoms with Crippen LogP contribution in [-0.2, 0) is 6.54 Å². The van der Waals surface area contributed by atoms with Crippen LogP contribution in [0.1, 0.15) is 50.6 Å². The standard InChI is InChI=1S/C27H36F2N6O.ClH/c1-2-24(25(28)29)32-27-31-15-22-23(17-35(26(22)33-27)20-7-9-21(36)10-8-20)19-5-3-18(4-6-19)16-34-13-11-30-12-14-34;/h3-6,15,17,20-21,24-25,30,36H,2,7-14,16H2,1H3,(H,31,32,33);1H/t20?,21?,24-;/m0./s1. The highest BCUT2D eigenvalue weighted by Crippen LogP contribution is 2.37. The van der Waals surface area contributed by atoms with Gasteiger partial charge in [-0.2, -0.15) is 4.98 Å². The van der Waals surface area contributed by atoms with Crippen molar-refractivity contribution in [2.24, 2.45) is 0 Å². The van der Waals surface area contributed by atoms with Crippen LogP contribution in [0.15, 0.2) is 36.7 Å². The van der Waals surface area contributed by atoms with Gasteiger partial charge in [0.2, 0.25) is 5.95 Å². The van der Waals surface area contributed by atoms with Gasteiger partial charge in [0.1, 0.15) is 5.65 Å². The molecule has 2 aromatic heterocycles. The largest absolute Gasteiger partial charge is 0.393 e. The highest BCUT2D eigenvalue weighted by atomic mass is 35.5. The number of fused-ring (bicyclic) bond motifs is 1. The summed E-state index contributed by atoms with van der Waals surface area (Å²) >= 11 is 0. The molecule has 1 aliphatic carbocycles. The Morgan fingerprint density at radius 1 is 1.11 bits per heavy atom. The topological polar surface area (TPSA) is 78.2 Å². The molecule has 5 rings (SSSR count). The van der Waals surface area contributed by atoms with E-state index < -0.39 is 12.5 Å². The summed E-state index contributed by atoms with van der Waals surface area (Å²) in [6.45, 7) is 6.84. The molecule has 0 unspecified atom stereocenters. The van der Waals surface area contributed by atoms with E-state index in [0.29, 0.717) is 0 Å². The first kappa shape index (κ1) is 27.7.